The molecule has 5 heteroatoms. The molecule has 3 aromatic rings. The van der Waals surface area contributed by atoms with E-state index in [0.717, 1.165) is 21.7 Å². The molecule has 0 aliphatic rings. The molecule has 0 aliphatic carbocycles. The van der Waals surface area contributed by atoms with Crippen molar-refractivity contribution in [2.24, 2.45) is 0 Å². The Bertz CT molecular complexity index is 957. The molecule has 22 heavy (non-hydrogen) atoms. The van der Waals surface area contributed by atoms with Gasteiger partial charge in [-0.1, -0.05) is 22.5 Å². The molecule has 0 heterocycles. The highest BCUT2D eigenvalue weighted by atomic mass is 14.1. The summed E-state index contributed by atoms with van der Waals surface area (Å²) in [7, 11) is 30.7. The van der Waals surface area contributed by atoms with Gasteiger partial charge < -0.3 is 0 Å². The fourth-order valence-corrected chi connectivity index (χ4v) is 3.16. The maximum Gasteiger partial charge on any atom is 0.115 e. The van der Waals surface area contributed by atoms with Crippen LogP contribution in [0, 0.1) is 20.8 Å². The van der Waals surface area contributed by atoms with Crippen molar-refractivity contribution in [1.29, 1.82) is 0 Å². The monoisotopic (exact) mass is 270 g/mol. The van der Waals surface area contributed by atoms with Gasteiger partial charge in [-0.25, -0.2) is 0 Å². The van der Waals surface area contributed by atoms with E-state index in [2.05, 4.69) is 26.8 Å². The number of aryl methyl sites for hydroxylation is 2. The van der Waals surface area contributed by atoms with Crippen LogP contribution in [0.4, 0.5) is 0 Å². The molecule has 0 N–H and O–H groups in total. The highest BCUT2D eigenvalue weighted by Crippen LogP contribution is 2.25. The zero-order valence-electron chi connectivity index (χ0n) is 13.0. The van der Waals surface area contributed by atoms with Crippen LogP contribution in [-0.2, 0) is 0 Å². The molecule has 3 aromatic carbocycles. The van der Waals surface area contributed by atoms with E-state index in [0.29, 0.717) is 27.2 Å². The number of hydrogen-bond donors (Lipinski definition) is 0. The van der Waals surface area contributed by atoms with Crippen molar-refractivity contribution in [1.82, 2.24) is 0 Å². The third-order valence-electron chi connectivity index (χ3n) is 4.73. The molecule has 0 spiro atoms. The highest BCUT2D eigenvalue weighted by molar-refractivity contribution is 6.68. The number of hydrogen-bond acceptors (Lipinski definition) is 0. The summed E-state index contributed by atoms with van der Waals surface area (Å²) in [5, 5.41) is 3.45. The van der Waals surface area contributed by atoms with Gasteiger partial charge in [0.15, 0.2) is 0 Å². The van der Waals surface area contributed by atoms with Gasteiger partial charge in [0.05, 0.1) is 0 Å². The quantitative estimate of drug-likeness (QED) is 0.358. The van der Waals surface area contributed by atoms with Gasteiger partial charge in [0.25, 0.3) is 0 Å². The molecule has 3 rings (SSSR count). The van der Waals surface area contributed by atoms with Gasteiger partial charge in [-0.15, -0.1) is 10.9 Å². The van der Waals surface area contributed by atoms with E-state index in [-0.39, 0.29) is 5.46 Å². The van der Waals surface area contributed by atoms with Crippen LogP contribution in [-0.4, -0.2) is 39.2 Å². The molecule has 94 valence electrons. The lowest BCUT2D eigenvalue weighted by Gasteiger charge is -2.21. The summed E-state index contributed by atoms with van der Waals surface area (Å²) < 4.78 is 0. The van der Waals surface area contributed by atoms with Gasteiger partial charge in [0.2, 0.25) is 0 Å². The summed E-state index contributed by atoms with van der Waals surface area (Å²) in [6, 6.07) is 4.09. The minimum Gasteiger partial charge on any atom is -0.110 e. The van der Waals surface area contributed by atoms with E-state index in [4.69, 9.17) is 39.2 Å². The average molecular weight is 269 g/mol. The molecule has 0 nitrogen and oxygen atoms in total. The fourth-order valence-electron chi connectivity index (χ4n) is 3.16. The van der Waals surface area contributed by atoms with Crippen LogP contribution in [0.25, 0.3) is 21.5 Å². The van der Waals surface area contributed by atoms with Gasteiger partial charge in [-0.05, 0) is 65.1 Å². The molecule has 0 aromatic heterocycles. The lowest BCUT2D eigenvalue weighted by atomic mass is 9.62. The summed E-state index contributed by atoms with van der Waals surface area (Å²) in [5.74, 6) is 0. The van der Waals surface area contributed by atoms with Crippen molar-refractivity contribution in [2.75, 3.05) is 0 Å². The number of benzene rings is 3. The molecule has 0 saturated heterocycles. The predicted octanol–water partition coefficient (Wildman–Crippen LogP) is -1.11. The smallest absolute Gasteiger partial charge is 0.110 e. The lowest BCUT2D eigenvalue weighted by molar-refractivity contribution is 1.30. The van der Waals surface area contributed by atoms with Gasteiger partial charge in [-0.2, -0.15) is 0 Å². The van der Waals surface area contributed by atoms with E-state index >= 15 is 0 Å². The molecule has 0 unspecified atom stereocenters. The van der Waals surface area contributed by atoms with Crippen LogP contribution in [0.2, 0.25) is 0 Å². The molecule has 0 amide bonds. The third kappa shape index (κ3) is 1.91. The Morgan fingerprint density at radius 1 is 0.591 bits per heavy atom. The summed E-state index contributed by atoms with van der Waals surface area (Å²) in [5.41, 5.74) is 5.57. The van der Waals surface area contributed by atoms with Crippen LogP contribution in [0.3, 0.4) is 0 Å². The van der Waals surface area contributed by atoms with Gasteiger partial charge in [0, 0.05) is 0 Å². The summed E-state index contributed by atoms with van der Waals surface area (Å²) in [6.45, 7) is 6.23. The maximum atomic E-state index is 6.43. The van der Waals surface area contributed by atoms with E-state index in [1.54, 1.807) is 0 Å². The molecule has 0 atom stereocenters. The Labute approximate surface area is 138 Å². The zero-order valence-corrected chi connectivity index (χ0v) is 13.0. The van der Waals surface area contributed by atoms with Crippen LogP contribution < -0.4 is 27.3 Å². The maximum absolute atomic E-state index is 6.43. The first-order valence-electron chi connectivity index (χ1n) is 7.10. The first-order valence-corrected chi connectivity index (χ1v) is 7.10. The predicted molar refractivity (Wildman–Crippen MR) is 103 cm³/mol. The van der Waals surface area contributed by atoms with E-state index in [1.807, 2.05) is 6.07 Å². The first kappa shape index (κ1) is 15.4. The Morgan fingerprint density at radius 3 is 1.82 bits per heavy atom. The average Bonchev–Trinajstić information content (AvgIpc) is 2.48. The van der Waals surface area contributed by atoms with Crippen LogP contribution >= 0.6 is 0 Å². The van der Waals surface area contributed by atoms with Crippen molar-refractivity contribution in [2.45, 2.75) is 20.8 Å². The minimum absolute atomic E-state index is 0.289. The Kier molecular flexibility index (Phi) is 3.51. The van der Waals surface area contributed by atoms with E-state index < -0.39 is 0 Å². The van der Waals surface area contributed by atoms with Crippen molar-refractivity contribution in [3.05, 3.63) is 28.8 Å². The van der Waals surface area contributed by atoms with Gasteiger partial charge in [-0.3, -0.25) is 0 Å². The Morgan fingerprint density at radius 2 is 1.18 bits per heavy atom. The second-order valence-corrected chi connectivity index (χ2v) is 5.91. The zero-order chi connectivity index (χ0) is 16.3. The molecular weight excluding hydrogens is 258 g/mol. The largest absolute Gasteiger partial charge is 0.115 e. The first-order chi connectivity index (χ1) is 10.3. The van der Waals surface area contributed by atoms with Crippen LogP contribution in [0.15, 0.2) is 12.1 Å². The Balaban J connectivity index is 2.68. The SMILES string of the molecule is [B]c1c([B])c([B])c2c([B])c3c(C)c(C)c(C)cc3cc2c1[B]. The molecule has 0 saturated carbocycles. The lowest BCUT2D eigenvalue weighted by Crippen LogP contribution is -2.49. The normalized spacial score (nSPS) is 11.4. The second kappa shape index (κ2) is 5.01. The number of rotatable bonds is 0. The minimum atomic E-state index is 0.289. The molecule has 0 fully saturated rings. The second-order valence-electron chi connectivity index (χ2n) is 5.91. The molecule has 0 bridgehead atoms. The van der Waals surface area contributed by atoms with Crippen molar-refractivity contribution >= 4 is 88.1 Å². The third-order valence-corrected chi connectivity index (χ3v) is 4.73. The van der Waals surface area contributed by atoms with E-state index in [9.17, 15) is 0 Å². The highest BCUT2D eigenvalue weighted by Gasteiger charge is 2.14. The standard InChI is InChI=1S/C17H11B5/c1-6-4-9-5-10-12(14(19)11(9)8(3)7(6)2)15(20)17(22)16(21)13(10)18/h4-5H,1-3H3. The van der Waals surface area contributed by atoms with Gasteiger partial charge >= 0.3 is 0 Å². The fraction of sp³-hybridized carbons (Fsp3) is 0.176. The summed E-state index contributed by atoms with van der Waals surface area (Å²) in [4.78, 5) is 0. The van der Waals surface area contributed by atoms with Gasteiger partial charge in [0.1, 0.15) is 39.2 Å². The number of fused-ring (bicyclic) bond motifs is 2. The van der Waals surface area contributed by atoms with Crippen molar-refractivity contribution in [3.63, 3.8) is 0 Å². The summed E-state index contributed by atoms with van der Waals surface area (Å²) in [6.07, 6.45) is 0. The van der Waals surface area contributed by atoms with Crippen LogP contribution in [0.1, 0.15) is 16.7 Å². The molecule has 10 radical (unpaired) electrons. The van der Waals surface area contributed by atoms with Crippen molar-refractivity contribution < 1.29 is 0 Å². The summed E-state index contributed by atoms with van der Waals surface area (Å²) >= 11 is 0. The topological polar surface area (TPSA) is 0 Å². The van der Waals surface area contributed by atoms with Crippen molar-refractivity contribution in [3.8, 4) is 0 Å². The Hall–Kier alpha value is -1.50. The molecule has 0 aliphatic heterocycles. The van der Waals surface area contributed by atoms with Crippen LogP contribution in [0.5, 0.6) is 0 Å². The molecular formula is C17H11B5. The van der Waals surface area contributed by atoms with E-state index in [1.165, 1.54) is 11.1 Å².